The summed E-state index contributed by atoms with van der Waals surface area (Å²) in [5.41, 5.74) is 2.62. The molecule has 7 heteroatoms. The molecule has 0 aromatic heterocycles. The third-order valence-corrected chi connectivity index (χ3v) is 6.16. The Hall–Kier alpha value is -2.44. The highest BCUT2D eigenvalue weighted by molar-refractivity contribution is 6.31. The van der Waals surface area contributed by atoms with Gasteiger partial charge in [0.2, 0.25) is 5.91 Å². The normalized spacial score (nSPS) is 20.1. The summed E-state index contributed by atoms with van der Waals surface area (Å²) in [6, 6.07) is 11.8. The Morgan fingerprint density at radius 3 is 2.73 bits per heavy atom. The predicted octanol–water partition coefficient (Wildman–Crippen LogP) is 3.35. The minimum atomic E-state index is -0.551. The van der Waals surface area contributed by atoms with Gasteiger partial charge in [-0.05, 0) is 37.1 Å². The van der Waals surface area contributed by atoms with Gasteiger partial charge < -0.3 is 9.80 Å². The second-order valence-electron chi connectivity index (χ2n) is 8.03. The van der Waals surface area contributed by atoms with E-state index < -0.39 is 5.82 Å². The molecule has 2 amide bonds. The lowest BCUT2D eigenvalue weighted by molar-refractivity contribution is -0.142. The molecule has 0 spiro atoms. The molecule has 0 aliphatic carbocycles. The van der Waals surface area contributed by atoms with Crippen LogP contribution in [0.4, 0.5) is 4.39 Å². The molecular weight excluding hydrogens is 405 g/mol. The van der Waals surface area contributed by atoms with Crippen molar-refractivity contribution in [1.82, 2.24) is 14.7 Å². The molecular formula is C23H25ClFN3O2. The van der Waals surface area contributed by atoms with Crippen LogP contribution in [0.1, 0.15) is 27.9 Å². The molecule has 0 bridgehead atoms. The number of carbonyl (C=O) groups is 2. The van der Waals surface area contributed by atoms with Crippen LogP contribution in [0.3, 0.4) is 0 Å². The number of rotatable bonds is 3. The standard InChI is InChI=1S/C23H25ClFN3O2/c1-16-4-2-5-17(12-16)14-28-11-10-26-8-3-9-27(15-21(26)23(28)30)22(29)18-6-7-20(25)19(24)13-18/h2,4-7,12-13,21H,3,8-11,14-15H2,1H3. The number of piperazine rings is 1. The highest BCUT2D eigenvalue weighted by Crippen LogP contribution is 2.22. The zero-order valence-electron chi connectivity index (χ0n) is 17.0. The van der Waals surface area contributed by atoms with Crippen LogP contribution in [-0.4, -0.2) is 65.3 Å². The van der Waals surface area contributed by atoms with Crippen LogP contribution in [0, 0.1) is 12.7 Å². The average molecular weight is 430 g/mol. The van der Waals surface area contributed by atoms with Gasteiger partial charge in [0.15, 0.2) is 0 Å². The van der Waals surface area contributed by atoms with Gasteiger partial charge in [-0.3, -0.25) is 14.5 Å². The Balaban J connectivity index is 1.50. The molecule has 0 radical (unpaired) electrons. The number of carbonyl (C=O) groups excluding carboxylic acids is 2. The topological polar surface area (TPSA) is 43.9 Å². The molecule has 1 unspecified atom stereocenters. The lowest BCUT2D eigenvalue weighted by Gasteiger charge is -2.40. The number of halogens is 2. The average Bonchev–Trinajstić information content (AvgIpc) is 2.95. The fraction of sp³-hybridized carbons (Fsp3) is 0.391. The minimum Gasteiger partial charge on any atom is -0.336 e. The molecule has 2 fully saturated rings. The Morgan fingerprint density at radius 1 is 1.13 bits per heavy atom. The van der Waals surface area contributed by atoms with Crippen molar-refractivity contribution in [3.05, 3.63) is 70.0 Å². The van der Waals surface area contributed by atoms with Crippen molar-refractivity contribution in [2.24, 2.45) is 0 Å². The van der Waals surface area contributed by atoms with Crippen molar-refractivity contribution in [3.63, 3.8) is 0 Å². The predicted molar refractivity (Wildman–Crippen MR) is 114 cm³/mol. The number of aryl methyl sites for hydroxylation is 1. The molecule has 158 valence electrons. The summed E-state index contributed by atoms with van der Waals surface area (Å²) in [6.45, 7) is 5.77. The molecule has 2 heterocycles. The van der Waals surface area contributed by atoms with Crippen molar-refractivity contribution in [3.8, 4) is 0 Å². The Labute approximate surface area is 181 Å². The van der Waals surface area contributed by atoms with E-state index in [9.17, 15) is 14.0 Å². The highest BCUT2D eigenvalue weighted by atomic mass is 35.5. The number of fused-ring (bicyclic) bond motifs is 1. The first-order chi connectivity index (χ1) is 14.4. The van der Waals surface area contributed by atoms with Crippen LogP contribution in [0.15, 0.2) is 42.5 Å². The summed E-state index contributed by atoms with van der Waals surface area (Å²) in [7, 11) is 0. The van der Waals surface area contributed by atoms with Gasteiger partial charge in [0, 0.05) is 44.8 Å². The van der Waals surface area contributed by atoms with Gasteiger partial charge in [-0.25, -0.2) is 4.39 Å². The van der Waals surface area contributed by atoms with Crippen molar-refractivity contribution in [2.75, 3.05) is 32.7 Å². The first kappa shape index (κ1) is 20.8. The second kappa shape index (κ2) is 8.74. The first-order valence-electron chi connectivity index (χ1n) is 10.2. The van der Waals surface area contributed by atoms with E-state index in [1.807, 2.05) is 30.0 Å². The van der Waals surface area contributed by atoms with Crippen LogP contribution >= 0.6 is 11.6 Å². The summed E-state index contributed by atoms with van der Waals surface area (Å²) in [6.07, 6.45) is 0.794. The van der Waals surface area contributed by atoms with E-state index in [1.165, 1.54) is 23.8 Å². The van der Waals surface area contributed by atoms with Crippen LogP contribution in [0.2, 0.25) is 5.02 Å². The summed E-state index contributed by atoms with van der Waals surface area (Å²) in [5, 5.41) is -0.0737. The molecule has 2 aliphatic rings. The van der Waals surface area contributed by atoms with Crippen molar-refractivity contribution < 1.29 is 14.0 Å². The van der Waals surface area contributed by atoms with Crippen LogP contribution in [0.25, 0.3) is 0 Å². The Morgan fingerprint density at radius 2 is 1.97 bits per heavy atom. The fourth-order valence-electron chi connectivity index (χ4n) is 4.29. The fourth-order valence-corrected chi connectivity index (χ4v) is 4.47. The van der Waals surface area contributed by atoms with Gasteiger partial charge in [-0.15, -0.1) is 0 Å². The monoisotopic (exact) mass is 429 g/mol. The molecule has 5 nitrogen and oxygen atoms in total. The first-order valence-corrected chi connectivity index (χ1v) is 10.6. The quantitative estimate of drug-likeness (QED) is 0.751. The van der Waals surface area contributed by atoms with Gasteiger partial charge >= 0.3 is 0 Å². The molecule has 0 N–H and O–H groups in total. The molecule has 2 saturated heterocycles. The third-order valence-electron chi connectivity index (χ3n) is 5.87. The number of nitrogens with zero attached hydrogens (tertiary/aromatic N) is 3. The molecule has 2 aliphatic heterocycles. The van der Waals surface area contributed by atoms with Gasteiger partial charge in [0.1, 0.15) is 11.9 Å². The van der Waals surface area contributed by atoms with Crippen LogP contribution in [0.5, 0.6) is 0 Å². The Bertz CT molecular complexity index is 967. The molecule has 2 aromatic rings. The third kappa shape index (κ3) is 4.35. The van der Waals surface area contributed by atoms with E-state index in [-0.39, 0.29) is 22.9 Å². The molecule has 4 rings (SSSR count). The maximum absolute atomic E-state index is 13.5. The minimum absolute atomic E-state index is 0.0552. The number of benzene rings is 2. The van der Waals surface area contributed by atoms with Crippen molar-refractivity contribution in [2.45, 2.75) is 25.9 Å². The van der Waals surface area contributed by atoms with E-state index >= 15 is 0 Å². The summed E-state index contributed by atoms with van der Waals surface area (Å²) >= 11 is 5.86. The van der Waals surface area contributed by atoms with Gasteiger partial charge in [-0.1, -0.05) is 41.4 Å². The molecule has 0 saturated carbocycles. The van der Waals surface area contributed by atoms with E-state index in [0.29, 0.717) is 31.7 Å². The molecule has 2 aromatic carbocycles. The van der Waals surface area contributed by atoms with E-state index in [4.69, 9.17) is 11.6 Å². The van der Waals surface area contributed by atoms with Crippen LogP contribution < -0.4 is 0 Å². The number of hydrogen-bond donors (Lipinski definition) is 0. The van der Waals surface area contributed by atoms with E-state index in [2.05, 4.69) is 11.0 Å². The van der Waals surface area contributed by atoms with Crippen molar-refractivity contribution >= 4 is 23.4 Å². The summed E-state index contributed by atoms with van der Waals surface area (Å²) in [4.78, 5) is 32.1. The summed E-state index contributed by atoms with van der Waals surface area (Å²) in [5.74, 6) is -0.716. The van der Waals surface area contributed by atoms with E-state index in [0.717, 1.165) is 25.1 Å². The lowest BCUT2D eigenvalue weighted by atomic mass is 10.1. The Kier molecular flexibility index (Phi) is 6.06. The maximum atomic E-state index is 13.5. The van der Waals surface area contributed by atoms with Crippen LogP contribution in [-0.2, 0) is 11.3 Å². The van der Waals surface area contributed by atoms with Gasteiger partial charge in [-0.2, -0.15) is 0 Å². The molecule has 1 atom stereocenters. The number of hydrogen-bond acceptors (Lipinski definition) is 3. The smallest absolute Gasteiger partial charge is 0.253 e. The second-order valence-corrected chi connectivity index (χ2v) is 8.44. The largest absolute Gasteiger partial charge is 0.336 e. The zero-order chi connectivity index (χ0) is 21.3. The molecule has 30 heavy (non-hydrogen) atoms. The lowest BCUT2D eigenvalue weighted by Crippen LogP contribution is -2.59. The van der Waals surface area contributed by atoms with Crippen molar-refractivity contribution in [1.29, 1.82) is 0 Å². The highest BCUT2D eigenvalue weighted by Gasteiger charge is 2.38. The van der Waals surface area contributed by atoms with E-state index in [1.54, 1.807) is 4.90 Å². The SMILES string of the molecule is Cc1cccc(CN2CCN3CCCN(C(=O)c4ccc(F)c(Cl)c4)CC3C2=O)c1. The van der Waals surface area contributed by atoms with Gasteiger partial charge in [0.05, 0.1) is 5.02 Å². The number of amides is 2. The zero-order valence-corrected chi connectivity index (χ0v) is 17.7. The summed E-state index contributed by atoms with van der Waals surface area (Å²) < 4.78 is 13.5. The van der Waals surface area contributed by atoms with Gasteiger partial charge in [0.25, 0.3) is 5.91 Å². The maximum Gasteiger partial charge on any atom is 0.253 e.